The number of hydrogen-bond acceptors (Lipinski definition) is 3. The standard InChI is InChI=1S/C18H24N2S/c1-18(2,3)16-11-21-17(20-16)10-15(19)14-8-12-6-4-5-7-13(12)9-14/h4-7,11,14-15H,8-10,19H2,1-3H3. The first kappa shape index (κ1) is 14.7. The van der Waals surface area contributed by atoms with Crippen LogP contribution in [0, 0.1) is 5.92 Å². The van der Waals surface area contributed by atoms with Crippen LogP contribution in [0.1, 0.15) is 42.6 Å². The third-order valence-corrected chi connectivity index (χ3v) is 5.29. The second kappa shape index (κ2) is 5.54. The monoisotopic (exact) mass is 300 g/mol. The molecule has 1 aromatic heterocycles. The van der Waals surface area contributed by atoms with Gasteiger partial charge in [0.05, 0.1) is 10.7 Å². The Hall–Kier alpha value is -1.19. The maximum absolute atomic E-state index is 6.48. The van der Waals surface area contributed by atoms with Crippen molar-refractivity contribution in [3.05, 3.63) is 51.5 Å². The topological polar surface area (TPSA) is 38.9 Å². The van der Waals surface area contributed by atoms with Gasteiger partial charge in [-0.05, 0) is 29.9 Å². The molecule has 0 spiro atoms. The van der Waals surface area contributed by atoms with Gasteiger partial charge in [-0.15, -0.1) is 11.3 Å². The van der Waals surface area contributed by atoms with E-state index in [0.29, 0.717) is 5.92 Å². The van der Waals surface area contributed by atoms with E-state index < -0.39 is 0 Å². The van der Waals surface area contributed by atoms with E-state index in [4.69, 9.17) is 10.7 Å². The van der Waals surface area contributed by atoms with Gasteiger partial charge in [-0.3, -0.25) is 0 Å². The smallest absolute Gasteiger partial charge is 0.0944 e. The zero-order chi connectivity index (χ0) is 15.0. The van der Waals surface area contributed by atoms with Crippen LogP contribution < -0.4 is 5.73 Å². The minimum atomic E-state index is 0.127. The molecule has 0 bridgehead atoms. The summed E-state index contributed by atoms with van der Waals surface area (Å²) < 4.78 is 0. The van der Waals surface area contributed by atoms with E-state index in [0.717, 1.165) is 19.3 Å². The molecule has 21 heavy (non-hydrogen) atoms. The number of hydrogen-bond donors (Lipinski definition) is 1. The summed E-state index contributed by atoms with van der Waals surface area (Å²) in [6, 6.07) is 8.94. The molecule has 1 aliphatic carbocycles. The molecule has 2 nitrogen and oxygen atoms in total. The van der Waals surface area contributed by atoms with Crippen LogP contribution in [-0.2, 0) is 24.7 Å². The van der Waals surface area contributed by atoms with Crippen LogP contribution in [-0.4, -0.2) is 11.0 Å². The summed E-state index contributed by atoms with van der Waals surface area (Å²) in [6.07, 6.45) is 3.14. The molecule has 1 atom stereocenters. The molecule has 1 aromatic carbocycles. The highest BCUT2D eigenvalue weighted by atomic mass is 32.1. The van der Waals surface area contributed by atoms with Gasteiger partial charge >= 0.3 is 0 Å². The lowest BCUT2D eigenvalue weighted by atomic mass is 9.93. The SMILES string of the molecule is CC(C)(C)c1csc(CC(N)C2Cc3ccccc3C2)n1. The van der Waals surface area contributed by atoms with Crippen molar-refractivity contribution >= 4 is 11.3 Å². The van der Waals surface area contributed by atoms with E-state index in [1.165, 1.54) is 21.8 Å². The molecule has 3 rings (SSSR count). The Morgan fingerprint density at radius 2 is 1.86 bits per heavy atom. The van der Waals surface area contributed by atoms with Gasteiger partial charge in [-0.25, -0.2) is 4.98 Å². The number of nitrogens with two attached hydrogens (primary N) is 1. The zero-order valence-corrected chi connectivity index (χ0v) is 13.9. The summed E-state index contributed by atoms with van der Waals surface area (Å²) in [6.45, 7) is 6.62. The van der Waals surface area contributed by atoms with Crippen LogP contribution in [0.15, 0.2) is 29.6 Å². The molecule has 1 aliphatic rings. The van der Waals surface area contributed by atoms with Crippen LogP contribution in [0.3, 0.4) is 0 Å². The molecule has 1 unspecified atom stereocenters. The average Bonchev–Trinajstić information content (AvgIpc) is 3.03. The highest BCUT2D eigenvalue weighted by Crippen LogP contribution is 2.30. The van der Waals surface area contributed by atoms with Gasteiger partial charge in [0.15, 0.2) is 0 Å². The second-order valence-electron chi connectivity index (χ2n) is 7.18. The van der Waals surface area contributed by atoms with Crippen molar-refractivity contribution in [3.8, 4) is 0 Å². The Balaban J connectivity index is 1.65. The number of aromatic nitrogens is 1. The Morgan fingerprint density at radius 3 is 2.38 bits per heavy atom. The first-order chi connectivity index (χ1) is 9.93. The number of nitrogens with zero attached hydrogens (tertiary/aromatic N) is 1. The van der Waals surface area contributed by atoms with Crippen molar-refractivity contribution in [1.29, 1.82) is 0 Å². The van der Waals surface area contributed by atoms with E-state index >= 15 is 0 Å². The van der Waals surface area contributed by atoms with Crippen molar-refractivity contribution in [2.75, 3.05) is 0 Å². The van der Waals surface area contributed by atoms with Crippen molar-refractivity contribution in [2.24, 2.45) is 11.7 Å². The summed E-state index contributed by atoms with van der Waals surface area (Å²) in [5, 5.41) is 3.37. The van der Waals surface area contributed by atoms with Crippen molar-refractivity contribution in [3.63, 3.8) is 0 Å². The summed E-state index contributed by atoms with van der Waals surface area (Å²) in [4.78, 5) is 4.78. The number of rotatable bonds is 3. The fourth-order valence-corrected chi connectivity index (χ4v) is 4.11. The Bertz CT molecular complexity index is 599. The molecule has 2 aromatic rings. The Morgan fingerprint density at radius 1 is 1.24 bits per heavy atom. The average molecular weight is 300 g/mol. The van der Waals surface area contributed by atoms with Gasteiger partial charge in [0, 0.05) is 23.3 Å². The van der Waals surface area contributed by atoms with E-state index in [1.807, 2.05) is 0 Å². The van der Waals surface area contributed by atoms with Crippen LogP contribution in [0.25, 0.3) is 0 Å². The maximum atomic E-state index is 6.48. The highest BCUT2D eigenvalue weighted by molar-refractivity contribution is 7.09. The van der Waals surface area contributed by atoms with Gasteiger partial charge < -0.3 is 5.73 Å². The lowest BCUT2D eigenvalue weighted by Crippen LogP contribution is -2.32. The molecule has 0 amide bonds. The molecule has 2 N–H and O–H groups in total. The van der Waals surface area contributed by atoms with Crippen LogP contribution in [0.4, 0.5) is 0 Å². The summed E-state index contributed by atoms with van der Waals surface area (Å²) in [7, 11) is 0. The largest absolute Gasteiger partial charge is 0.327 e. The quantitative estimate of drug-likeness (QED) is 0.938. The number of fused-ring (bicyclic) bond motifs is 1. The van der Waals surface area contributed by atoms with Crippen molar-refractivity contribution in [1.82, 2.24) is 4.98 Å². The Labute approximate surface area is 131 Å². The first-order valence-corrected chi connectivity index (χ1v) is 8.58. The van der Waals surface area contributed by atoms with Crippen LogP contribution in [0.2, 0.25) is 0 Å². The van der Waals surface area contributed by atoms with Gasteiger partial charge in [-0.2, -0.15) is 0 Å². The molecule has 0 fully saturated rings. The highest BCUT2D eigenvalue weighted by Gasteiger charge is 2.27. The lowest BCUT2D eigenvalue weighted by Gasteiger charge is -2.18. The molecular weight excluding hydrogens is 276 g/mol. The van der Waals surface area contributed by atoms with Crippen LogP contribution in [0.5, 0.6) is 0 Å². The van der Waals surface area contributed by atoms with E-state index in [9.17, 15) is 0 Å². The first-order valence-electron chi connectivity index (χ1n) is 7.71. The van der Waals surface area contributed by atoms with Gasteiger partial charge in [0.2, 0.25) is 0 Å². The summed E-state index contributed by atoms with van der Waals surface area (Å²) >= 11 is 1.76. The molecule has 0 saturated heterocycles. The predicted octanol–water partition coefficient (Wildman–Crippen LogP) is 3.73. The minimum absolute atomic E-state index is 0.127. The second-order valence-corrected chi connectivity index (χ2v) is 8.12. The normalized spacial score (nSPS) is 17.0. The fraction of sp³-hybridized carbons (Fsp3) is 0.500. The van der Waals surface area contributed by atoms with Crippen molar-refractivity contribution in [2.45, 2.75) is 51.5 Å². The molecule has 0 radical (unpaired) electrons. The third kappa shape index (κ3) is 3.19. The lowest BCUT2D eigenvalue weighted by molar-refractivity contribution is 0.435. The maximum Gasteiger partial charge on any atom is 0.0944 e. The molecule has 112 valence electrons. The molecule has 0 aliphatic heterocycles. The Kier molecular flexibility index (Phi) is 3.89. The minimum Gasteiger partial charge on any atom is -0.327 e. The fourth-order valence-electron chi connectivity index (χ4n) is 3.01. The molecule has 3 heteroatoms. The number of thiazole rings is 1. The molecule has 1 heterocycles. The van der Waals surface area contributed by atoms with Gasteiger partial charge in [-0.1, -0.05) is 45.0 Å². The van der Waals surface area contributed by atoms with Gasteiger partial charge in [0.25, 0.3) is 0 Å². The molecule has 0 saturated carbocycles. The van der Waals surface area contributed by atoms with E-state index in [2.05, 4.69) is 50.4 Å². The molecular formula is C18H24N2S. The third-order valence-electron chi connectivity index (χ3n) is 4.42. The van der Waals surface area contributed by atoms with Gasteiger partial charge in [0.1, 0.15) is 0 Å². The van der Waals surface area contributed by atoms with Crippen LogP contribution >= 0.6 is 11.3 Å². The number of benzene rings is 1. The van der Waals surface area contributed by atoms with E-state index in [-0.39, 0.29) is 11.5 Å². The zero-order valence-electron chi connectivity index (χ0n) is 13.1. The van der Waals surface area contributed by atoms with E-state index in [1.54, 1.807) is 11.3 Å². The van der Waals surface area contributed by atoms with Crippen molar-refractivity contribution < 1.29 is 0 Å². The summed E-state index contributed by atoms with van der Waals surface area (Å²) in [5.74, 6) is 0.560. The summed E-state index contributed by atoms with van der Waals surface area (Å²) in [5.41, 5.74) is 10.7. The predicted molar refractivity (Wildman–Crippen MR) is 89.8 cm³/mol.